The van der Waals surface area contributed by atoms with Crippen molar-refractivity contribution in [1.29, 1.82) is 0 Å². The van der Waals surface area contributed by atoms with E-state index in [1.165, 1.54) is 5.48 Å². The molecule has 0 aliphatic heterocycles. The molecule has 13 heavy (non-hydrogen) atoms. The minimum Gasteiger partial charge on any atom is -0.376 e. The fraction of sp³-hybridized carbons (Fsp3) is 0.143. The van der Waals surface area contributed by atoms with Crippen LogP contribution in [0.25, 0.3) is 0 Å². The van der Waals surface area contributed by atoms with Crippen LogP contribution in [0.3, 0.4) is 0 Å². The second-order valence-corrected chi connectivity index (χ2v) is 1.58. The van der Waals surface area contributed by atoms with Gasteiger partial charge in [-0.2, -0.15) is 0 Å². The molecule has 0 radical (unpaired) electrons. The fourth-order valence-corrected chi connectivity index (χ4v) is 0.196. The summed E-state index contributed by atoms with van der Waals surface area (Å²) in [7, 11) is 0. The molecule has 0 aliphatic rings. The summed E-state index contributed by atoms with van der Waals surface area (Å²) < 4.78 is 0. The van der Waals surface area contributed by atoms with Crippen molar-refractivity contribution in [2.24, 2.45) is 0 Å². The van der Waals surface area contributed by atoms with Crippen molar-refractivity contribution < 1.29 is 19.9 Å². The number of aliphatic hydroxyl groups excluding tert-OH is 1. The van der Waals surface area contributed by atoms with Gasteiger partial charge in [0.25, 0.3) is 5.91 Å². The molecule has 4 N–H and O–H groups in total. The van der Waals surface area contributed by atoms with Crippen molar-refractivity contribution in [2.45, 2.75) is 0 Å². The van der Waals surface area contributed by atoms with Gasteiger partial charge in [0.05, 0.1) is 0 Å². The summed E-state index contributed by atoms with van der Waals surface area (Å²) >= 11 is 0. The highest BCUT2D eigenvalue weighted by Gasteiger charge is 1.84. The Kier molecular flexibility index (Phi) is 11.1. The van der Waals surface area contributed by atoms with E-state index in [1.807, 2.05) is 0 Å². The highest BCUT2D eigenvalue weighted by Crippen LogP contribution is 1.59. The largest absolute Gasteiger partial charge is 0.376 e. The van der Waals surface area contributed by atoms with Crippen molar-refractivity contribution in [3.8, 4) is 0 Å². The lowest BCUT2D eigenvalue weighted by molar-refractivity contribution is -0.124. The molecule has 0 fully saturated rings. The lowest BCUT2D eigenvalue weighted by Gasteiger charge is -1.89. The molecular formula is C7H12N2O4. The zero-order valence-corrected chi connectivity index (χ0v) is 6.99. The number of amides is 2. The molecule has 74 valence electrons. The summed E-state index contributed by atoms with van der Waals surface area (Å²) in [6.45, 7) is 5.89. The summed E-state index contributed by atoms with van der Waals surface area (Å²) in [6.07, 6.45) is 2.07. The topological polar surface area (TPSA) is 98.7 Å². The first kappa shape index (κ1) is 13.9. The Balaban J connectivity index is 0. The number of rotatable bonds is 3. The number of hydrogen-bond acceptors (Lipinski definition) is 4. The van der Waals surface area contributed by atoms with Crippen molar-refractivity contribution in [2.75, 3.05) is 6.73 Å². The zero-order chi connectivity index (χ0) is 10.7. The van der Waals surface area contributed by atoms with Crippen LogP contribution in [0.15, 0.2) is 25.3 Å². The minimum atomic E-state index is -0.588. The van der Waals surface area contributed by atoms with Gasteiger partial charge in [-0.05, 0) is 12.2 Å². The molecule has 0 bridgehead atoms. The maximum Gasteiger partial charge on any atom is 0.266 e. The molecule has 0 aromatic heterocycles. The Morgan fingerprint density at radius 2 is 1.69 bits per heavy atom. The molecule has 0 saturated heterocycles. The standard InChI is InChI=1S/C4H7NO2.C3H5NO2/c1-2-4(7)5-3-6;1-2-3(5)4-6/h2,6H,1,3H2,(H,5,7);2,6H,1H2,(H,4,5). The van der Waals surface area contributed by atoms with Gasteiger partial charge in [-0.3, -0.25) is 14.8 Å². The first-order valence-corrected chi connectivity index (χ1v) is 3.20. The number of hydroxylamine groups is 1. The summed E-state index contributed by atoms with van der Waals surface area (Å²) in [5.41, 5.74) is 1.36. The summed E-state index contributed by atoms with van der Waals surface area (Å²) in [5, 5.41) is 17.7. The molecule has 6 heteroatoms. The Labute approximate surface area is 75.5 Å². The van der Waals surface area contributed by atoms with Crippen LogP contribution in [-0.2, 0) is 9.59 Å². The summed E-state index contributed by atoms with van der Waals surface area (Å²) in [5.74, 6) is -0.947. The monoisotopic (exact) mass is 188 g/mol. The van der Waals surface area contributed by atoms with Crippen LogP contribution in [0, 0.1) is 0 Å². The lowest BCUT2D eigenvalue weighted by atomic mass is 10.6. The van der Waals surface area contributed by atoms with Gasteiger partial charge in [-0.15, -0.1) is 0 Å². The van der Waals surface area contributed by atoms with E-state index in [0.717, 1.165) is 12.2 Å². The predicted octanol–water partition coefficient (Wildman–Crippen LogP) is -1.08. The second kappa shape index (κ2) is 10.3. The Hall–Kier alpha value is -1.66. The van der Waals surface area contributed by atoms with Crippen molar-refractivity contribution in [3.05, 3.63) is 25.3 Å². The van der Waals surface area contributed by atoms with Crippen LogP contribution in [0.4, 0.5) is 0 Å². The lowest BCUT2D eigenvalue weighted by Crippen LogP contribution is -2.20. The molecule has 6 nitrogen and oxygen atoms in total. The number of aliphatic hydroxyl groups is 1. The molecule has 0 aromatic carbocycles. The normalized spacial score (nSPS) is 7.23. The number of hydrogen-bond donors (Lipinski definition) is 4. The van der Waals surface area contributed by atoms with E-state index >= 15 is 0 Å². The summed E-state index contributed by atoms with van der Waals surface area (Å²) in [4.78, 5) is 19.7. The van der Waals surface area contributed by atoms with E-state index < -0.39 is 5.91 Å². The minimum absolute atomic E-state index is 0.329. The van der Waals surface area contributed by atoms with Gasteiger partial charge in [0.15, 0.2) is 0 Å². The number of nitrogens with one attached hydrogen (secondary N) is 2. The van der Waals surface area contributed by atoms with Gasteiger partial charge in [0, 0.05) is 0 Å². The van der Waals surface area contributed by atoms with Crippen LogP contribution >= 0.6 is 0 Å². The Bertz CT molecular complexity index is 191. The average molecular weight is 188 g/mol. The maximum absolute atomic E-state index is 10.0. The molecule has 0 heterocycles. The molecule has 0 unspecified atom stereocenters. The van der Waals surface area contributed by atoms with E-state index in [2.05, 4.69) is 18.5 Å². The number of carbonyl (C=O) groups excluding carboxylic acids is 2. The van der Waals surface area contributed by atoms with Crippen LogP contribution in [0.1, 0.15) is 0 Å². The fourth-order valence-electron chi connectivity index (χ4n) is 0.196. The molecule has 0 aliphatic carbocycles. The highest BCUT2D eigenvalue weighted by atomic mass is 16.5. The third kappa shape index (κ3) is 13.3. The van der Waals surface area contributed by atoms with E-state index in [1.54, 1.807) is 0 Å². The van der Waals surface area contributed by atoms with E-state index in [0.29, 0.717) is 0 Å². The van der Waals surface area contributed by atoms with E-state index in [4.69, 9.17) is 10.3 Å². The quantitative estimate of drug-likeness (QED) is 0.196. The van der Waals surface area contributed by atoms with Gasteiger partial charge in [0.2, 0.25) is 5.91 Å². The average Bonchev–Trinajstić information content (AvgIpc) is 2.18. The van der Waals surface area contributed by atoms with Crippen molar-refractivity contribution >= 4 is 11.8 Å². The first-order chi connectivity index (χ1) is 6.12. The zero-order valence-electron chi connectivity index (χ0n) is 6.99. The molecule has 0 aromatic rings. The van der Waals surface area contributed by atoms with Gasteiger partial charge in [-0.25, -0.2) is 5.48 Å². The molecule has 0 rings (SSSR count). The molecule has 0 spiro atoms. The highest BCUT2D eigenvalue weighted by molar-refractivity contribution is 5.86. The van der Waals surface area contributed by atoms with E-state index in [9.17, 15) is 9.59 Å². The van der Waals surface area contributed by atoms with Crippen LogP contribution in [0.2, 0.25) is 0 Å². The smallest absolute Gasteiger partial charge is 0.266 e. The third-order valence-corrected chi connectivity index (χ3v) is 0.734. The molecule has 0 saturated carbocycles. The van der Waals surface area contributed by atoms with Gasteiger partial charge >= 0.3 is 0 Å². The molecular weight excluding hydrogens is 176 g/mol. The van der Waals surface area contributed by atoms with Crippen LogP contribution < -0.4 is 10.8 Å². The summed E-state index contributed by atoms with van der Waals surface area (Å²) in [6, 6.07) is 0. The van der Waals surface area contributed by atoms with Crippen molar-refractivity contribution in [1.82, 2.24) is 10.8 Å². The Morgan fingerprint density at radius 1 is 1.23 bits per heavy atom. The maximum atomic E-state index is 10.0. The van der Waals surface area contributed by atoms with Gasteiger partial charge in [-0.1, -0.05) is 13.2 Å². The molecule has 0 atom stereocenters. The predicted molar refractivity (Wildman–Crippen MR) is 45.6 cm³/mol. The first-order valence-electron chi connectivity index (χ1n) is 3.20. The Morgan fingerprint density at radius 3 is 1.77 bits per heavy atom. The SMILES string of the molecule is C=CC(=O)NCO.C=CC(=O)NO. The third-order valence-electron chi connectivity index (χ3n) is 0.734. The number of carbonyl (C=O) groups is 2. The van der Waals surface area contributed by atoms with Gasteiger partial charge in [0.1, 0.15) is 6.73 Å². The second-order valence-electron chi connectivity index (χ2n) is 1.58. The van der Waals surface area contributed by atoms with Crippen LogP contribution in [0.5, 0.6) is 0 Å². The van der Waals surface area contributed by atoms with E-state index in [-0.39, 0.29) is 12.6 Å². The van der Waals surface area contributed by atoms with Crippen LogP contribution in [-0.4, -0.2) is 28.9 Å². The van der Waals surface area contributed by atoms with Gasteiger partial charge < -0.3 is 10.4 Å². The van der Waals surface area contributed by atoms with Crippen molar-refractivity contribution in [3.63, 3.8) is 0 Å². The molecule has 2 amide bonds.